The van der Waals surface area contributed by atoms with Crippen LogP contribution in [0, 0.1) is 0 Å². The Labute approximate surface area is 300 Å². The molecule has 1 saturated heterocycles. The van der Waals surface area contributed by atoms with Gasteiger partial charge in [-0.2, -0.15) is 0 Å². The summed E-state index contributed by atoms with van der Waals surface area (Å²) in [7, 11) is 1.25. The molecule has 11 nitrogen and oxygen atoms in total. The first-order chi connectivity index (χ1) is 24.5. The topological polar surface area (TPSA) is 131 Å². The third-order valence-corrected chi connectivity index (χ3v) is 7.94. The number of ether oxygens (including phenoxy) is 6. The van der Waals surface area contributed by atoms with Crippen molar-refractivity contribution >= 4 is 18.0 Å². The summed E-state index contributed by atoms with van der Waals surface area (Å²) in [6, 6.07) is 27.6. The molecule has 1 aliphatic heterocycles. The lowest BCUT2D eigenvalue weighted by Gasteiger charge is -2.46. The summed E-state index contributed by atoms with van der Waals surface area (Å²) in [5.74, 6) is -0.922. The Morgan fingerprint density at radius 1 is 0.804 bits per heavy atom. The summed E-state index contributed by atoms with van der Waals surface area (Å²) < 4.78 is 36.4. The van der Waals surface area contributed by atoms with Gasteiger partial charge in [-0.05, 0) is 43.9 Å². The predicted molar refractivity (Wildman–Crippen MR) is 191 cm³/mol. The molecule has 6 atom stereocenters. The first-order valence-corrected chi connectivity index (χ1v) is 17.1. The van der Waals surface area contributed by atoms with Gasteiger partial charge in [0.25, 0.3) is 0 Å². The van der Waals surface area contributed by atoms with Crippen molar-refractivity contribution in [1.29, 1.82) is 0 Å². The molecule has 2 amide bonds. The largest absolute Gasteiger partial charge is 0.467 e. The first-order valence-electron chi connectivity index (χ1n) is 17.1. The number of methoxy groups -OCH3 is 1. The summed E-state index contributed by atoms with van der Waals surface area (Å²) in [6.07, 6.45) is 0.108. The smallest absolute Gasteiger partial charge is 0.408 e. The highest BCUT2D eigenvalue weighted by atomic mass is 16.6. The first kappa shape index (κ1) is 39.2. The molecular formula is C40H50N2O9. The minimum absolute atomic E-state index is 0.0667. The van der Waals surface area contributed by atoms with E-state index in [-0.39, 0.29) is 32.1 Å². The predicted octanol–water partition coefficient (Wildman–Crippen LogP) is 5.66. The fourth-order valence-electron chi connectivity index (χ4n) is 5.62. The van der Waals surface area contributed by atoms with E-state index in [1.165, 1.54) is 14.0 Å². The van der Waals surface area contributed by atoms with Crippen molar-refractivity contribution in [2.45, 2.75) is 96.0 Å². The van der Waals surface area contributed by atoms with Gasteiger partial charge in [-0.15, -0.1) is 0 Å². The molecule has 1 heterocycles. The molecule has 51 heavy (non-hydrogen) atoms. The molecule has 0 radical (unpaired) electrons. The number of benzene rings is 3. The van der Waals surface area contributed by atoms with Crippen LogP contribution in [0.25, 0.3) is 0 Å². The number of hydrogen-bond acceptors (Lipinski definition) is 9. The fraction of sp³-hybridized carbons (Fsp3) is 0.425. The molecule has 0 saturated carbocycles. The summed E-state index contributed by atoms with van der Waals surface area (Å²) in [4.78, 5) is 37.8. The van der Waals surface area contributed by atoms with Crippen molar-refractivity contribution in [1.82, 2.24) is 10.6 Å². The fourth-order valence-corrected chi connectivity index (χ4v) is 5.62. The van der Waals surface area contributed by atoms with Gasteiger partial charge in [-0.1, -0.05) is 103 Å². The van der Waals surface area contributed by atoms with Gasteiger partial charge in [0.1, 0.15) is 30.0 Å². The van der Waals surface area contributed by atoms with E-state index in [2.05, 4.69) is 10.6 Å². The van der Waals surface area contributed by atoms with Gasteiger partial charge in [0.05, 0.1) is 45.7 Å². The van der Waals surface area contributed by atoms with Gasteiger partial charge in [0, 0.05) is 6.92 Å². The van der Waals surface area contributed by atoms with E-state index in [4.69, 9.17) is 28.4 Å². The molecule has 2 N–H and O–H groups in total. The summed E-state index contributed by atoms with van der Waals surface area (Å²) in [5, 5.41) is 5.62. The summed E-state index contributed by atoms with van der Waals surface area (Å²) in [6.45, 7) is 7.68. The Morgan fingerprint density at radius 2 is 1.33 bits per heavy atom. The number of amides is 2. The van der Waals surface area contributed by atoms with Crippen molar-refractivity contribution < 1.29 is 42.8 Å². The highest BCUT2D eigenvalue weighted by Gasteiger charge is 2.47. The van der Waals surface area contributed by atoms with Crippen LogP contribution in [0.4, 0.5) is 4.79 Å². The molecule has 11 heteroatoms. The van der Waals surface area contributed by atoms with Crippen molar-refractivity contribution in [3.05, 3.63) is 120 Å². The van der Waals surface area contributed by atoms with E-state index in [0.29, 0.717) is 6.61 Å². The summed E-state index contributed by atoms with van der Waals surface area (Å²) in [5.41, 5.74) is 2.16. The lowest BCUT2D eigenvalue weighted by atomic mass is 9.91. The van der Waals surface area contributed by atoms with Gasteiger partial charge >= 0.3 is 12.1 Å². The van der Waals surface area contributed by atoms with Crippen LogP contribution in [0.1, 0.15) is 50.8 Å². The lowest BCUT2D eigenvalue weighted by Crippen LogP contribution is -2.65. The van der Waals surface area contributed by atoms with E-state index < -0.39 is 54.2 Å². The number of nitrogens with one attached hydrogen (secondary N) is 2. The molecule has 1 fully saturated rings. The van der Waals surface area contributed by atoms with Gasteiger partial charge in [-0.3, -0.25) is 4.79 Å². The van der Waals surface area contributed by atoms with Crippen LogP contribution in [0.3, 0.4) is 0 Å². The van der Waals surface area contributed by atoms with Crippen LogP contribution in [0.2, 0.25) is 0 Å². The highest BCUT2D eigenvalue weighted by molar-refractivity contribution is 5.81. The maximum Gasteiger partial charge on any atom is 0.408 e. The number of carbonyl (C=O) groups excluding carboxylic acids is 3. The van der Waals surface area contributed by atoms with Crippen LogP contribution in [-0.2, 0) is 57.8 Å². The molecule has 0 spiro atoms. The van der Waals surface area contributed by atoms with Crippen LogP contribution in [0.5, 0.6) is 0 Å². The van der Waals surface area contributed by atoms with Crippen LogP contribution < -0.4 is 10.6 Å². The molecule has 3 aromatic carbocycles. The second-order valence-corrected chi connectivity index (χ2v) is 13.3. The zero-order valence-electron chi connectivity index (χ0n) is 30.0. The van der Waals surface area contributed by atoms with Crippen molar-refractivity contribution in [3.8, 4) is 0 Å². The second kappa shape index (κ2) is 19.7. The minimum Gasteiger partial charge on any atom is -0.467 e. The van der Waals surface area contributed by atoms with E-state index >= 15 is 0 Å². The zero-order valence-corrected chi connectivity index (χ0v) is 30.0. The molecule has 0 unspecified atom stereocenters. The zero-order chi connectivity index (χ0) is 36.6. The molecule has 3 aromatic rings. The highest BCUT2D eigenvalue weighted by Crippen LogP contribution is 2.29. The Morgan fingerprint density at radius 3 is 1.84 bits per heavy atom. The molecule has 1 aliphatic rings. The van der Waals surface area contributed by atoms with Crippen molar-refractivity contribution in [2.24, 2.45) is 0 Å². The van der Waals surface area contributed by atoms with Gasteiger partial charge in [0.15, 0.2) is 0 Å². The average Bonchev–Trinajstić information content (AvgIpc) is 3.10. The van der Waals surface area contributed by atoms with E-state index in [9.17, 15) is 14.4 Å². The minimum atomic E-state index is -1.03. The number of hydrogen-bond donors (Lipinski definition) is 2. The normalized spacial score (nSPS) is 21.1. The Bertz CT molecular complexity index is 1530. The molecule has 0 aromatic heterocycles. The third kappa shape index (κ3) is 13.3. The number of rotatable bonds is 16. The van der Waals surface area contributed by atoms with Crippen LogP contribution in [0.15, 0.2) is 103 Å². The van der Waals surface area contributed by atoms with Crippen LogP contribution in [-0.4, -0.2) is 73.8 Å². The van der Waals surface area contributed by atoms with Gasteiger partial charge < -0.3 is 39.1 Å². The third-order valence-electron chi connectivity index (χ3n) is 7.94. The van der Waals surface area contributed by atoms with E-state index in [1.807, 2.05) is 91.0 Å². The number of esters is 1. The second-order valence-electron chi connectivity index (χ2n) is 13.3. The lowest BCUT2D eigenvalue weighted by molar-refractivity contribution is -0.223. The average molecular weight is 703 g/mol. The maximum absolute atomic E-state index is 12.7. The molecular weight excluding hydrogens is 652 g/mol. The maximum atomic E-state index is 12.7. The van der Waals surface area contributed by atoms with E-state index in [0.717, 1.165) is 16.7 Å². The molecule has 4 rings (SSSR count). The van der Waals surface area contributed by atoms with Crippen LogP contribution >= 0.6 is 0 Å². The number of carbonyl (C=O) groups is 3. The van der Waals surface area contributed by atoms with Gasteiger partial charge in [0.2, 0.25) is 5.91 Å². The monoisotopic (exact) mass is 702 g/mol. The van der Waals surface area contributed by atoms with Crippen molar-refractivity contribution in [3.63, 3.8) is 0 Å². The van der Waals surface area contributed by atoms with E-state index in [1.54, 1.807) is 32.9 Å². The standard InChI is InChI=1S/C40H50N2O9/c1-28(43)41-35-33(23-15-22-32(38(44)46-5)42-39(45)51-40(2,3)4)50-34(27-47-24-29-16-9-6-10-17-29)36(48-25-30-18-11-7-12-19-30)37(35)49-26-31-20-13-8-14-21-31/h6-21,23,32-37H,22,24-27H2,1-5H3,(H,41,43)(H,42,45)/b23-15+/t32-,33+,34+,35-,36+,37+/m0/s1. The Hall–Kier alpha value is -4.55. The molecule has 0 bridgehead atoms. The molecule has 0 aliphatic carbocycles. The summed E-state index contributed by atoms with van der Waals surface area (Å²) >= 11 is 0. The van der Waals surface area contributed by atoms with Crippen molar-refractivity contribution in [2.75, 3.05) is 13.7 Å². The van der Waals surface area contributed by atoms with Gasteiger partial charge in [-0.25, -0.2) is 9.59 Å². The quantitative estimate of drug-likeness (QED) is 0.144. The SMILES string of the molecule is COC(=O)[C@H](C/C=C/[C@H]1O[C@H](COCc2ccccc2)[C@@H](OCc2ccccc2)[C@H](OCc2ccccc2)[C@H]1NC(C)=O)NC(=O)OC(C)(C)C. The molecule has 274 valence electrons. The Kier molecular flexibility index (Phi) is 15.2. The number of alkyl carbamates (subject to hydrolysis) is 1. The Balaban J connectivity index is 1.63.